The molecule has 0 spiro atoms. The van der Waals surface area contributed by atoms with Crippen LogP contribution in [0.25, 0.3) is 0 Å². The fourth-order valence-electron chi connectivity index (χ4n) is 2.76. The molecule has 0 unspecified atom stereocenters. The van der Waals surface area contributed by atoms with Gasteiger partial charge >= 0.3 is 0 Å². The van der Waals surface area contributed by atoms with Gasteiger partial charge in [0.25, 0.3) is 5.91 Å². The molecule has 1 aliphatic rings. The Hall–Kier alpha value is -3.07. The van der Waals surface area contributed by atoms with E-state index in [1.165, 1.54) is 24.6 Å². The lowest BCUT2D eigenvalue weighted by Gasteiger charge is -2.09. The minimum atomic E-state index is -0.225. The van der Waals surface area contributed by atoms with Gasteiger partial charge < -0.3 is 16.4 Å². The van der Waals surface area contributed by atoms with Gasteiger partial charge in [-0.3, -0.25) is 9.89 Å². The predicted octanol–water partition coefficient (Wildman–Crippen LogP) is 3.69. The molecule has 9 heteroatoms. The van der Waals surface area contributed by atoms with Crippen molar-refractivity contribution in [2.45, 2.75) is 42.2 Å². The van der Waals surface area contributed by atoms with Gasteiger partial charge in [0, 0.05) is 40.9 Å². The summed E-state index contributed by atoms with van der Waals surface area (Å²) in [5.41, 5.74) is 7.88. The first kappa shape index (κ1) is 19.3. The van der Waals surface area contributed by atoms with E-state index in [4.69, 9.17) is 5.73 Å². The number of hydrogen-bond acceptors (Lipinski definition) is 7. The maximum Gasteiger partial charge on any atom is 0.270 e. The number of benzene rings is 1. The summed E-state index contributed by atoms with van der Waals surface area (Å²) in [6, 6.07) is 11.1. The molecule has 1 fully saturated rings. The molecule has 1 saturated carbocycles. The number of hydrogen-bond donors (Lipinski definition) is 4. The van der Waals surface area contributed by atoms with Gasteiger partial charge in [-0.2, -0.15) is 5.10 Å². The Morgan fingerprint density at radius 1 is 1.21 bits per heavy atom. The Labute approximate surface area is 173 Å². The van der Waals surface area contributed by atoms with Crippen molar-refractivity contribution >= 4 is 35.0 Å². The number of H-pyrrole nitrogens is 1. The van der Waals surface area contributed by atoms with Crippen molar-refractivity contribution in [2.75, 3.05) is 17.6 Å². The highest BCUT2D eigenvalue weighted by molar-refractivity contribution is 7.99. The summed E-state index contributed by atoms with van der Waals surface area (Å²) in [5, 5.41) is 13.9. The first-order valence-corrected chi connectivity index (χ1v) is 10.5. The van der Waals surface area contributed by atoms with Gasteiger partial charge in [-0.15, -0.1) is 0 Å². The SMILES string of the molecule is CCCNC(=O)c1cc(Nc2cc(C3CC3)[nH]n2)nc(Sc2ccc(N)cc2)n1. The maximum absolute atomic E-state index is 12.5. The third-order valence-electron chi connectivity index (χ3n) is 4.43. The fraction of sp³-hybridized carbons (Fsp3) is 0.300. The Morgan fingerprint density at radius 2 is 2.00 bits per heavy atom. The summed E-state index contributed by atoms with van der Waals surface area (Å²) in [6.45, 7) is 2.60. The number of aromatic amines is 1. The van der Waals surface area contributed by atoms with Crippen molar-refractivity contribution in [1.29, 1.82) is 0 Å². The van der Waals surface area contributed by atoms with Crippen molar-refractivity contribution in [2.24, 2.45) is 0 Å². The molecule has 5 N–H and O–H groups in total. The summed E-state index contributed by atoms with van der Waals surface area (Å²) in [7, 11) is 0. The number of rotatable bonds is 8. The summed E-state index contributed by atoms with van der Waals surface area (Å²) in [4.78, 5) is 22.4. The number of nitrogens with one attached hydrogen (secondary N) is 3. The average Bonchev–Trinajstić information content (AvgIpc) is 3.47. The van der Waals surface area contributed by atoms with Crippen LogP contribution < -0.4 is 16.4 Å². The molecule has 0 radical (unpaired) electrons. The minimum Gasteiger partial charge on any atom is -0.399 e. The first-order valence-electron chi connectivity index (χ1n) is 9.63. The summed E-state index contributed by atoms with van der Waals surface area (Å²) >= 11 is 1.37. The Kier molecular flexibility index (Phi) is 5.66. The van der Waals surface area contributed by atoms with Crippen LogP contribution >= 0.6 is 11.8 Å². The molecule has 8 nitrogen and oxygen atoms in total. The van der Waals surface area contributed by atoms with E-state index in [2.05, 4.69) is 30.8 Å². The largest absolute Gasteiger partial charge is 0.399 e. The first-order chi connectivity index (χ1) is 14.1. The molecule has 2 aromatic heterocycles. The van der Waals surface area contributed by atoms with Crippen molar-refractivity contribution in [1.82, 2.24) is 25.5 Å². The van der Waals surface area contributed by atoms with Gasteiger partial charge in [0.15, 0.2) is 11.0 Å². The maximum atomic E-state index is 12.5. The van der Waals surface area contributed by atoms with E-state index in [-0.39, 0.29) is 5.91 Å². The van der Waals surface area contributed by atoms with Crippen molar-refractivity contribution in [3.8, 4) is 0 Å². The van der Waals surface area contributed by atoms with Gasteiger partial charge in [0.1, 0.15) is 11.5 Å². The molecule has 0 bridgehead atoms. The number of amides is 1. The lowest BCUT2D eigenvalue weighted by molar-refractivity contribution is 0.0948. The number of carbonyl (C=O) groups excluding carboxylic acids is 1. The Bertz CT molecular complexity index is 998. The molecular weight excluding hydrogens is 386 g/mol. The van der Waals surface area contributed by atoms with Crippen LogP contribution in [0.15, 0.2) is 46.5 Å². The van der Waals surface area contributed by atoms with E-state index in [0.29, 0.717) is 40.6 Å². The lowest BCUT2D eigenvalue weighted by atomic mass is 10.3. The zero-order chi connectivity index (χ0) is 20.2. The zero-order valence-corrected chi connectivity index (χ0v) is 16.9. The highest BCUT2D eigenvalue weighted by Gasteiger charge is 2.25. The van der Waals surface area contributed by atoms with Gasteiger partial charge in [0.2, 0.25) is 0 Å². The standard InChI is InChI=1S/C20H23N7OS/c1-2-9-22-19(28)16-11-17(24-18-10-15(26-27-18)12-3-4-12)25-20(23-16)29-14-7-5-13(21)6-8-14/h5-8,10-12H,2-4,9,21H2,1H3,(H,22,28)(H2,23,24,25,26,27). The van der Waals surface area contributed by atoms with Crippen LogP contribution in [0.4, 0.5) is 17.3 Å². The monoisotopic (exact) mass is 409 g/mol. The molecule has 1 amide bonds. The van der Waals surface area contributed by atoms with Crippen molar-refractivity contribution < 1.29 is 4.79 Å². The van der Waals surface area contributed by atoms with Gasteiger partial charge in [-0.05, 0) is 55.3 Å². The highest BCUT2D eigenvalue weighted by Crippen LogP contribution is 2.39. The third-order valence-corrected chi connectivity index (χ3v) is 5.31. The Morgan fingerprint density at radius 3 is 2.72 bits per heavy atom. The quantitative estimate of drug-likeness (QED) is 0.330. The van der Waals surface area contributed by atoms with Crippen LogP contribution in [0.5, 0.6) is 0 Å². The molecule has 29 heavy (non-hydrogen) atoms. The molecule has 0 atom stereocenters. The number of carbonyl (C=O) groups is 1. The topological polar surface area (TPSA) is 122 Å². The van der Waals surface area contributed by atoms with E-state index in [1.54, 1.807) is 6.07 Å². The van der Waals surface area contributed by atoms with Crippen LogP contribution in [0, 0.1) is 0 Å². The highest BCUT2D eigenvalue weighted by atomic mass is 32.2. The second-order valence-corrected chi connectivity index (χ2v) is 8.00. The Balaban J connectivity index is 1.59. The fourth-order valence-corrected chi connectivity index (χ4v) is 3.53. The van der Waals surface area contributed by atoms with E-state index >= 15 is 0 Å². The molecule has 0 saturated heterocycles. The van der Waals surface area contributed by atoms with Gasteiger partial charge in [0.05, 0.1) is 0 Å². The lowest BCUT2D eigenvalue weighted by Crippen LogP contribution is -2.25. The average molecular weight is 410 g/mol. The minimum absolute atomic E-state index is 0.225. The normalized spacial score (nSPS) is 13.3. The summed E-state index contributed by atoms with van der Waals surface area (Å²) in [5.74, 6) is 1.55. The van der Waals surface area contributed by atoms with Crippen LogP contribution in [0.3, 0.4) is 0 Å². The molecule has 150 valence electrons. The van der Waals surface area contributed by atoms with Gasteiger partial charge in [-0.25, -0.2) is 9.97 Å². The predicted molar refractivity (Wildman–Crippen MR) is 113 cm³/mol. The molecule has 2 heterocycles. The third kappa shape index (κ3) is 5.05. The van der Waals surface area contributed by atoms with E-state index < -0.39 is 0 Å². The number of nitrogens with two attached hydrogens (primary N) is 1. The molecular formula is C20H23N7OS. The number of nitrogen functional groups attached to an aromatic ring is 1. The van der Waals surface area contributed by atoms with Crippen LogP contribution in [0.1, 0.15) is 48.3 Å². The second kappa shape index (κ2) is 8.52. The van der Waals surface area contributed by atoms with Crippen molar-refractivity contribution in [3.63, 3.8) is 0 Å². The van der Waals surface area contributed by atoms with E-state index in [0.717, 1.165) is 17.0 Å². The molecule has 1 aliphatic carbocycles. The van der Waals surface area contributed by atoms with Crippen LogP contribution in [-0.2, 0) is 0 Å². The molecule has 4 rings (SSSR count). The number of nitrogens with zero attached hydrogens (tertiary/aromatic N) is 3. The number of anilines is 3. The van der Waals surface area contributed by atoms with E-state index in [1.807, 2.05) is 37.3 Å². The van der Waals surface area contributed by atoms with Gasteiger partial charge in [-0.1, -0.05) is 6.92 Å². The van der Waals surface area contributed by atoms with Crippen LogP contribution in [0.2, 0.25) is 0 Å². The molecule has 0 aliphatic heterocycles. The molecule has 1 aromatic carbocycles. The summed E-state index contributed by atoms with van der Waals surface area (Å²) in [6.07, 6.45) is 3.24. The number of aromatic nitrogens is 4. The zero-order valence-electron chi connectivity index (χ0n) is 16.1. The molecule has 3 aromatic rings. The second-order valence-electron chi connectivity index (χ2n) is 6.96. The van der Waals surface area contributed by atoms with Crippen molar-refractivity contribution in [3.05, 3.63) is 47.8 Å². The smallest absolute Gasteiger partial charge is 0.270 e. The summed E-state index contributed by atoms with van der Waals surface area (Å²) < 4.78 is 0. The van der Waals surface area contributed by atoms with Crippen LogP contribution in [-0.4, -0.2) is 32.6 Å². The van der Waals surface area contributed by atoms with E-state index in [9.17, 15) is 4.79 Å².